The molecule has 3 rings (SSSR count). The highest BCUT2D eigenvalue weighted by molar-refractivity contribution is 7.89. The summed E-state index contributed by atoms with van der Waals surface area (Å²) in [5.74, 6) is -0.00890. The molecule has 27 heavy (non-hydrogen) atoms. The van der Waals surface area contributed by atoms with Crippen LogP contribution in [0.2, 0.25) is 0 Å². The Hall–Kier alpha value is -2.18. The Bertz CT molecular complexity index is 942. The average molecular weight is 387 g/mol. The van der Waals surface area contributed by atoms with Crippen molar-refractivity contribution in [3.8, 4) is 0 Å². The lowest BCUT2D eigenvalue weighted by molar-refractivity contribution is -0.117. The van der Waals surface area contributed by atoms with Crippen LogP contribution in [-0.4, -0.2) is 27.4 Å². The molecule has 0 bridgehead atoms. The fourth-order valence-corrected chi connectivity index (χ4v) is 5.35. The molecular weight excluding hydrogens is 360 g/mol. The van der Waals surface area contributed by atoms with Crippen molar-refractivity contribution in [1.29, 1.82) is 0 Å². The van der Waals surface area contributed by atoms with Crippen molar-refractivity contribution in [3.63, 3.8) is 0 Å². The van der Waals surface area contributed by atoms with Crippen molar-refractivity contribution < 1.29 is 13.2 Å². The van der Waals surface area contributed by atoms with Crippen molar-refractivity contribution in [2.45, 2.75) is 39.0 Å². The monoisotopic (exact) mass is 386 g/mol. The van der Waals surface area contributed by atoms with Crippen LogP contribution in [0.1, 0.15) is 28.7 Å². The van der Waals surface area contributed by atoms with Gasteiger partial charge in [0.1, 0.15) is 0 Å². The van der Waals surface area contributed by atoms with Crippen LogP contribution < -0.4 is 9.62 Å². The fraction of sp³-hybridized carbons (Fsp3) is 0.381. The number of nitrogens with zero attached hydrogens (tertiary/aromatic N) is 1. The van der Waals surface area contributed by atoms with Gasteiger partial charge in [0.15, 0.2) is 0 Å². The van der Waals surface area contributed by atoms with E-state index in [1.54, 1.807) is 4.90 Å². The number of anilines is 1. The first-order valence-electron chi connectivity index (χ1n) is 9.12. The Balaban J connectivity index is 1.70. The minimum Gasteiger partial charge on any atom is -0.312 e. The normalized spacial score (nSPS) is 17.6. The number of carbonyl (C=O) groups excluding carboxylic acids is 1. The standard InChI is InChI=1S/C21H26N2O3S/c1-14-5-7-19(8-6-14)23-13-18(11-20(23)24)12-22-27(25,26)21-16(3)9-15(2)10-17(21)4/h5-10,18,22H,11-13H2,1-4H3/t18-/m0/s1. The second-order valence-corrected chi connectivity index (χ2v) is 9.19. The van der Waals surface area contributed by atoms with Gasteiger partial charge >= 0.3 is 0 Å². The molecule has 0 spiro atoms. The van der Waals surface area contributed by atoms with E-state index in [0.717, 1.165) is 27.9 Å². The molecule has 2 aromatic rings. The number of amides is 1. The number of nitrogens with one attached hydrogen (secondary N) is 1. The van der Waals surface area contributed by atoms with Crippen LogP contribution >= 0.6 is 0 Å². The van der Waals surface area contributed by atoms with Crippen molar-refractivity contribution in [2.75, 3.05) is 18.0 Å². The van der Waals surface area contributed by atoms with Crippen molar-refractivity contribution in [2.24, 2.45) is 5.92 Å². The topological polar surface area (TPSA) is 66.5 Å². The molecule has 0 aromatic heterocycles. The number of hydrogen-bond donors (Lipinski definition) is 1. The van der Waals surface area contributed by atoms with E-state index in [1.807, 2.05) is 64.1 Å². The summed E-state index contributed by atoms with van der Waals surface area (Å²) in [4.78, 5) is 14.4. The van der Waals surface area contributed by atoms with Crippen LogP contribution in [0.15, 0.2) is 41.3 Å². The Morgan fingerprint density at radius 1 is 1.00 bits per heavy atom. The molecule has 1 atom stereocenters. The van der Waals surface area contributed by atoms with Gasteiger partial charge in [0.2, 0.25) is 15.9 Å². The molecule has 1 fully saturated rings. The highest BCUT2D eigenvalue weighted by Crippen LogP contribution is 2.26. The van der Waals surface area contributed by atoms with E-state index < -0.39 is 10.0 Å². The quantitative estimate of drug-likeness (QED) is 0.858. The van der Waals surface area contributed by atoms with Crippen LogP contribution in [0.4, 0.5) is 5.69 Å². The van der Waals surface area contributed by atoms with Gasteiger partial charge in [0.25, 0.3) is 0 Å². The summed E-state index contributed by atoms with van der Waals surface area (Å²) >= 11 is 0. The highest BCUT2D eigenvalue weighted by Gasteiger charge is 2.32. The SMILES string of the molecule is Cc1ccc(N2C[C@H](CNS(=O)(=O)c3c(C)cc(C)cc3C)CC2=O)cc1. The molecule has 0 unspecified atom stereocenters. The lowest BCUT2D eigenvalue weighted by Gasteiger charge is -2.18. The van der Waals surface area contributed by atoms with Crippen LogP contribution in [0, 0.1) is 33.6 Å². The minimum atomic E-state index is -3.61. The third-order valence-electron chi connectivity index (χ3n) is 4.99. The van der Waals surface area contributed by atoms with Crippen LogP contribution in [0.3, 0.4) is 0 Å². The molecular formula is C21H26N2O3S. The van der Waals surface area contributed by atoms with E-state index in [2.05, 4.69) is 4.72 Å². The molecule has 1 aliphatic heterocycles. The van der Waals surface area contributed by atoms with Crippen LogP contribution in [0.5, 0.6) is 0 Å². The van der Waals surface area contributed by atoms with E-state index in [0.29, 0.717) is 17.9 Å². The Morgan fingerprint density at radius 3 is 2.19 bits per heavy atom. The maximum atomic E-state index is 12.8. The summed E-state index contributed by atoms with van der Waals surface area (Å²) in [5.41, 5.74) is 4.52. The number of benzene rings is 2. The Labute approximate surface area is 161 Å². The molecule has 1 aliphatic rings. The molecule has 144 valence electrons. The van der Waals surface area contributed by atoms with Crippen LogP contribution in [0.25, 0.3) is 0 Å². The van der Waals surface area contributed by atoms with Crippen molar-refractivity contribution in [1.82, 2.24) is 4.72 Å². The summed E-state index contributed by atoms with van der Waals surface area (Å²) in [5, 5.41) is 0. The highest BCUT2D eigenvalue weighted by atomic mass is 32.2. The summed E-state index contributed by atoms with van der Waals surface area (Å²) < 4.78 is 28.3. The number of hydrogen-bond acceptors (Lipinski definition) is 3. The molecule has 1 heterocycles. The largest absolute Gasteiger partial charge is 0.312 e. The molecule has 2 aromatic carbocycles. The van der Waals surface area contributed by atoms with Gasteiger partial charge in [-0.3, -0.25) is 4.79 Å². The second-order valence-electron chi connectivity index (χ2n) is 7.49. The van der Waals surface area contributed by atoms with E-state index in [-0.39, 0.29) is 18.4 Å². The maximum Gasteiger partial charge on any atom is 0.241 e. The van der Waals surface area contributed by atoms with Gasteiger partial charge in [-0.15, -0.1) is 0 Å². The zero-order valence-electron chi connectivity index (χ0n) is 16.2. The first-order valence-corrected chi connectivity index (χ1v) is 10.6. The maximum absolute atomic E-state index is 12.8. The fourth-order valence-electron chi connectivity index (χ4n) is 3.78. The molecule has 0 aliphatic carbocycles. The molecule has 0 radical (unpaired) electrons. The van der Waals surface area contributed by atoms with Crippen molar-refractivity contribution >= 4 is 21.6 Å². The van der Waals surface area contributed by atoms with E-state index >= 15 is 0 Å². The van der Waals surface area contributed by atoms with E-state index in [1.165, 1.54) is 0 Å². The van der Waals surface area contributed by atoms with Crippen molar-refractivity contribution in [3.05, 3.63) is 58.7 Å². The van der Waals surface area contributed by atoms with Gasteiger partial charge in [-0.05, 0) is 56.9 Å². The number of sulfonamides is 1. The first kappa shape index (κ1) is 19.6. The number of rotatable bonds is 5. The predicted octanol–water partition coefficient (Wildman–Crippen LogP) is 3.25. The lowest BCUT2D eigenvalue weighted by Crippen LogP contribution is -2.32. The van der Waals surface area contributed by atoms with E-state index in [9.17, 15) is 13.2 Å². The smallest absolute Gasteiger partial charge is 0.241 e. The molecule has 0 saturated carbocycles. The summed E-state index contributed by atoms with van der Waals surface area (Å²) in [6.45, 7) is 8.36. The zero-order valence-corrected chi connectivity index (χ0v) is 17.1. The first-order chi connectivity index (χ1) is 12.7. The van der Waals surface area contributed by atoms with E-state index in [4.69, 9.17) is 0 Å². The molecule has 6 heteroatoms. The molecule has 1 N–H and O–H groups in total. The summed E-state index contributed by atoms with van der Waals surface area (Å²) in [7, 11) is -3.61. The second kappa shape index (κ2) is 7.44. The molecule has 1 amide bonds. The molecule has 1 saturated heterocycles. The van der Waals surface area contributed by atoms with Gasteiger partial charge < -0.3 is 4.90 Å². The molecule has 5 nitrogen and oxygen atoms in total. The zero-order chi connectivity index (χ0) is 19.8. The number of aryl methyl sites for hydroxylation is 4. The third-order valence-corrected chi connectivity index (χ3v) is 6.71. The Morgan fingerprint density at radius 2 is 1.59 bits per heavy atom. The summed E-state index contributed by atoms with van der Waals surface area (Å²) in [6.07, 6.45) is 0.349. The van der Waals surface area contributed by atoms with Gasteiger partial charge in [-0.2, -0.15) is 0 Å². The van der Waals surface area contributed by atoms with Gasteiger partial charge in [0.05, 0.1) is 4.90 Å². The Kier molecular flexibility index (Phi) is 5.40. The summed E-state index contributed by atoms with van der Waals surface area (Å²) in [6, 6.07) is 11.6. The van der Waals surface area contributed by atoms with Gasteiger partial charge in [-0.25, -0.2) is 13.1 Å². The third kappa shape index (κ3) is 4.22. The van der Waals surface area contributed by atoms with Gasteiger partial charge in [0, 0.05) is 25.2 Å². The average Bonchev–Trinajstić information content (AvgIpc) is 2.93. The number of carbonyl (C=O) groups is 1. The predicted molar refractivity (Wildman–Crippen MR) is 107 cm³/mol. The minimum absolute atomic E-state index is 0.0331. The lowest BCUT2D eigenvalue weighted by atomic mass is 10.1. The van der Waals surface area contributed by atoms with Gasteiger partial charge in [-0.1, -0.05) is 35.4 Å². The van der Waals surface area contributed by atoms with Crippen LogP contribution in [-0.2, 0) is 14.8 Å².